The highest BCUT2D eigenvalue weighted by molar-refractivity contribution is 7.99. The Balaban J connectivity index is 1.58. The minimum Gasteiger partial charge on any atom is -0.351 e. The molecule has 0 atom stereocenters. The average Bonchev–Trinajstić information content (AvgIpc) is 3.31. The molecule has 0 bridgehead atoms. The van der Waals surface area contributed by atoms with Crippen molar-refractivity contribution in [2.45, 2.75) is 45.6 Å². The van der Waals surface area contributed by atoms with Crippen molar-refractivity contribution in [3.05, 3.63) is 47.8 Å². The van der Waals surface area contributed by atoms with Crippen LogP contribution in [0.25, 0.3) is 11.4 Å². The summed E-state index contributed by atoms with van der Waals surface area (Å²) >= 11 is 1.40. The largest absolute Gasteiger partial charge is 0.351 e. The van der Waals surface area contributed by atoms with Crippen LogP contribution in [0.1, 0.15) is 25.0 Å². The van der Waals surface area contributed by atoms with Crippen molar-refractivity contribution in [3.8, 4) is 11.4 Å². The van der Waals surface area contributed by atoms with Crippen LogP contribution in [0.4, 0.5) is 0 Å². The molecule has 0 aliphatic heterocycles. The van der Waals surface area contributed by atoms with E-state index < -0.39 is 0 Å². The van der Waals surface area contributed by atoms with Gasteiger partial charge in [0.1, 0.15) is 0 Å². The van der Waals surface area contributed by atoms with Crippen molar-refractivity contribution in [2.75, 3.05) is 5.75 Å². The van der Waals surface area contributed by atoms with Gasteiger partial charge in [-0.15, -0.1) is 10.2 Å². The van der Waals surface area contributed by atoms with Crippen molar-refractivity contribution >= 4 is 17.7 Å². The molecule has 1 aromatic carbocycles. The second kappa shape index (κ2) is 8.85. The fraction of sp³-hybridized carbons (Fsp3) is 0.368. The van der Waals surface area contributed by atoms with Gasteiger partial charge in [-0.1, -0.05) is 41.6 Å². The summed E-state index contributed by atoms with van der Waals surface area (Å²) < 4.78 is 3.87. The molecule has 0 aliphatic rings. The van der Waals surface area contributed by atoms with Gasteiger partial charge in [-0.25, -0.2) is 0 Å². The summed E-state index contributed by atoms with van der Waals surface area (Å²) in [5, 5.41) is 16.5. The molecule has 0 spiro atoms. The van der Waals surface area contributed by atoms with Gasteiger partial charge in [0.05, 0.1) is 17.5 Å². The second-order valence-electron chi connectivity index (χ2n) is 6.19. The number of aromatic nitrogens is 5. The van der Waals surface area contributed by atoms with E-state index >= 15 is 0 Å². The molecular formula is C19H24N6OS. The van der Waals surface area contributed by atoms with E-state index in [4.69, 9.17) is 0 Å². The Hall–Kier alpha value is -2.61. The fourth-order valence-corrected chi connectivity index (χ4v) is 3.47. The van der Waals surface area contributed by atoms with Gasteiger partial charge in [0.15, 0.2) is 11.0 Å². The van der Waals surface area contributed by atoms with Crippen LogP contribution < -0.4 is 5.32 Å². The number of thioether (sulfide) groups is 1. The van der Waals surface area contributed by atoms with Gasteiger partial charge in [-0.2, -0.15) is 5.10 Å². The van der Waals surface area contributed by atoms with E-state index in [0.717, 1.165) is 35.2 Å². The van der Waals surface area contributed by atoms with Gasteiger partial charge in [-0.3, -0.25) is 9.48 Å². The van der Waals surface area contributed by atoms with Crippen molar-refractivity contribution in [3.63, 3.8) is 0 Å². The number of amides is 1. The maximum atomic E-state index is 12.2. The Bertz CT molecular complexity index is 899. The number of hydrogen-bond acceptors (Lipinski definition) is 5. The number of hydrogen-bond donors (Lipinski definition) is 1. The number of aryl methyl sites for hydroxylation is 2. The van der Waals surface area contributed by atoms with Crippen molar-refractivity contribution in [2.24, 2.45) is 0 Å². The zero-order valence-corrected chi connectivity index (χ0v) is 16.7. The van der Waals surface area contributed by atoms with Crippen LogP contribution in [-0.4, -0.2) is 36.2 Å². The van der Waals surface area contributed by atoms with Crippen LogP contribution in [0.15, 0.2) is 41.8 Å². The number of carbonyl (C=O) groups excluding carboxylic acids is 1. The third-order valence-electron chi connectivity index (χ3n) is 4.19. The first kappa shape index (κ1) is 19.2. The van der Waals surface area contributed by atoms with Gasteiger partial charge in [-0.05, 0) is 26.3 Å². The predicted octanol–water partition coefficient (Wildman–Crippen LogP) is 2.90. The molecule has 0 aliphatic carbocycles. The van der Waals surface area contributed by atoms with E-state index in [0.29, 0.717) is 12.3 Å². The standard InChI is InChI=1S/C19H24N6OS/c1-4-24-12-16(11-21-24)18-22-23-19(25(18)5-2)27-13-17(26)20-10-15-8-6-14(3)7-9-15/h6-9,11-12H,4-5,10,13H2,1-3H3,(H,20,26). The van der Waals surface area contributed by atoms with Crippen molar-refractivity contribution < 1.29 is 4.79 Å². The molecule has 3 aromatic rings. The first-order valence-corrected chi connectivity index (χ1v) is 10.00. The molecule has 27 heavy (non-hydrogen) atoms. The summed E-state index contributed by atoms with van der Waals surface area (Å²) in [7, 11) is 0. The Morgan fingerprint density at radius 3 is 2.59 bits per heavy atom. The lowest BCUT2D eigenvalue weighted by Gasteiger charge is -2.07. The fourth-order valence-electron chi connectivity index (χ4n) is 2.63. The maximum absolute atomic E-state index is 12.2. The summed E-state index contributed by atoms with van der Waals surface area (Å²) in [5.41, 5.74) is 3.23. The quantitative estimate of drug-likeness (QED) is 0.604. The van der Waals surface area contributed by atoms with Crippen LogP contribution in [0.3, 0.4) is 0 Å². The number of nitrogens with zero attached hydrogens (tertiary/aromatic N) is 5. The molecule has 1 N–H and O–H groups in total. The molecule has 0 saturated carbocycles. The van der Waals surface area contributed by atoms with Gasteiger partial charge < -0.3 is 9.88 Å². The maximum Gasteiger partial charge on any atom is 0.230 e. The third-order valence-corrected chi connectivity index (χ3v) is 5.16. The zero-order chi connectivity index (χ0) is 19.2. The Morgan fingerprint density at radius 1 is 1.15 bits per heavy atom. The second-order valence-corrected chi connectivity index (χ2v) is 7.13. The molecule has 0 fully saturated rings. The monoisotopic (exact) mass is 384 g/mol. The summed E-state index contributed by atoms with van der Waals surface area (Å²) in [6.45, 7) is 8.19. The number of carbonyl (C=O) groups is 1. The molecule has 142 valence electrons. The molecule has 0 radical (unpaired) electrons. The van der Waals surface area contributed by atoms with Gasteiger partial charge >= 0.3 is 0 Å². The molecule has 7 nitrogen and oxygen atoms in total. The molecule has 8 heteroatoms. The Morgan fingerprint density at radius 2 is 1.93 bits per heavy atom. The molecule has 3 rings (SSSR count). The number of rotatable bonds is 8. The first-order valence-electron chi connectivity index (χ1n) is 9.01. The lowest BCUT2D eigenvalue weighted by molar-refractivity contribution is -0.118. The van der Waals surface area contributed by atoms with E-state index in [1.165, 1.54) is 17.3 Å². The minimum atomic E-state index is -0.0217. The topological polar surface area (TPSA) is 77.6 Å². The van der Waals surface area contributed by atoms with Crippen LogP contribution in [0.5, 0.6) is 0 Å². The molecule has 0 saturated heterocycles. The van der Waals surface area contributed by atoms with Crippen LogP contribution in [0, 0.1) is 6.92 Å². The van der Waals surface area contributed by atoms with E-state index in [1.807, 2.05) is 60.5 Å². The molecule has 2 aromatic heterocycles. The van der Waals surface area contributed by atoms with Crippen LogP contribution in [0.2, 0.25) is 0 Å². The molecule has 0 unspecified atom stereocenters. The summed E-state index contributed by atoms with van der Waals surface area (Å²) in [4.78, 5) is 12.2. The molecule has 2 heterocycles. The predicted molar refractivity (Wildman–Crippen MR) is 106 cm³/mol. The van der Waals surface area contributed by atoms with Gasteiger partial charge in [0.2, 0.25) is 5.91 Å². The van der Waals surface area contributed by atoms with Gasteiger partial charge in [0.25, 0.3) is 0 Å². The van der Waals surface area contributed by atoms with E-state index in [2.05, 4.69) is 20.6 Å². The molecular weight excluding hydrogens is 360 g/mol. The van der Waals surface area contributed by atoms with E-state index in [-0.39, 0.29) is 5.91 Å². The highest BCUT2D eigenvalue weighted by Crippen LogP contribution is 2.23. The normalized spacial score (nSPS) is 10.9. The van der Waals surface area contributed by atoms with Crippen LogP contribution >= 0.6 is 11.8 Å². The first-order chi connectivity index (χ1) is 13.1. The highest BCUT2D eigenvalue weighted by Gasteiger charge is 2.15. The summed E-state index contributed by atoms with van der Waals surface area (Å²) in [6.07, 6.45) is 3.75. The van der Waals surface area contributed by atoms with Gasteiger partial charge in [0, 0.05) is 25.8 Å². The van der Waals surface area contributed by atoms with E-state index in [1.54, 1.807) is 6.20 Å². The van der Waals surface area contributed by atoms with E-state index in [9.17, 15) is 4.79 Å². The number of nitrogens with one attached hydrogen (secondary N) is 1. The summed E-state index contributed by atoms with van der Waals surface area (Å²) in [6, 6.07) is 8.14. The lowest BCUT2D eigenvalue weighted by atomic mass is 10.1. The van der Waals surface area contributed by atoms with Crippen LogP contribution in [-0.2, 0) is 24.4 Å². The highest BCUT2D eigenvalue weighted by atomic mass is 32.2. The Kier molecular flexibility index (Phi) is 6.28. The molecule has 1 amide bonds. The zero-order valence-electron chi connectivity index (χ0n) is 15.8. The van der Waals surface area contributed by atoms with Crippen molar-refractivity contribution in [1.82, 2.24) is 29.9 Å². The number of benzene rings is 1. The minimum absolute atomic E-state index is 0.0217. The smallest absolute Gasteiger partial charge is 0.230 e. The lowest BCUT2D eigenvalue weighted by Crippen LogP contribution is -2.24. The SMILES string of the molecule is CCn1cc(-c2nnc(SCC(=O)NCc3ccc(C)cc3)n2CC)cn1. The Labute approximate surface area is 163 Å². The average molecular weight is 385 g/mol. The third kappa shape index (κ3) is 4.77. The van der Waals surface area contributed by atoms with Crippen molar-refractivity contribution in [1.29, 1.82) is 0 Å². The summed E-state index contributed by atoms with van der Waals surface area (Å²) in [5.74, 6) is 1.06.